The van der Waals surface area contributed by atoms with Crippen LogP contribution in [-0.2, 0) is 35.9 Å². The number of sulfonamides is 1. The molecule has 0 saturated heterocycles. The van der Waals surface area contributed by atoms with E-state index in [4.69, 9.17) is 9.88 Å². The summed E-state index contributed by atoms with van der Waals surface area (Å²) in [5.41, 5.74) is 0. The maximum atomic E-state index is 11.8. The Morgan fingerprint density at radius 3 is 2.20 bits per heavy atom. The van der Waals surface area contributed by atoms with Gasteiger partial charge >= 0.3 is 0 Å². The molecule has 20 heavy (non-hydrogen) atoms. The molecule has 1 heterocycles. The lowest BCUT2D eigenvalue weighted by atomic mass is 10.2. The van der Waals surface area contributed by atoms with Gasteiger partial charge in [-0.1, -0.05) is 0 Å². The third-order valence-corrected chi connectivity index (χ3v) is 5.80. The molecule has 0 aliphatic carbocycles. The summed E-state index contributed by atoms with van der Waals surface area (Å²) >= 11 is 0. The van der Waals surface area contributed by atoms with Gasteiger partial charge in [-0.25, -0.2) is 22.0 Å². The molecule has 0 aliphatic heterocycles. The molecule has 0 aliphatic rings. The van der Waals surface area contributed by atoms with Gasteiger partial charge in [0.15, 0.2) is 15.7 Å². The first kappa shape index (κ1) is 17.0. The molecule has 0 unspecified atom stereocenters. The number of primary sulfonamides is 1. The van der Waals surface area contributed by atoms with Crippen LogP contribution in [0.25, 0.3) is 0 Å². The molecule has 11 heteroatoms. The summed E-state index contributed by atoms with van der Waals surface area (Å²) in [7, 11) is -6.21. The van der Waals surface area contributed by atoms with Gasteiger partial charge in [0, 0.05) is 13.4 Å². The Hall–Kier alpha value is -1.04. The van der Waals surface area contributed by atoms with Crippen LogP contribution in [0.2, 0.25) is 0 Å². The molecule has 0 bridgehead atoms. The largest absolute Gasteiger partial charge is 0.383 e. The van der Waals surface area contributed by atoms with Gasteiger partial charge < -0.3 is 4.74 Å². The lowest BCUT2D eigenvalue weighted by molar-refractivity contribution is 0.182. The lowest BCUT2D eigenvalue weighted by Gasteiger charge is -2.22. The summed E-state index contributed by atoms with van der Waals surface area (Å²) < 4.78 is 51.3. The van der Waals surface area contributed by atoms with E-state index in [2.05, 4.69) is 10.2 Å². The first-order chi connectivity index (χ1) is 8.93. The standard InChI is InChI=1S/C9H18N4O5S2/c1-9(2,19(4,14)15)7-11-12-8(20(10,16)17)13(7)5-6-18-3/h5-6H2,1-4H3,(H2,10,16,17). The number of sulfone groups is 1. The van der Waals surface area contributed by atoms with Crippen LogP contribution in [0, 0.1) is 0 Å². The third kappa shape index (κ3) is 3.16. The summed E-state index contributed by atoms with van der Waals surface area (Å²) in [6, 6.07) is 0. The van der Waals surface area contributed by atoms with Crippen molar-refractivity contribution in [2.75, 3.05) is 20.0 Å². The molecule has 1 aromatic rings. The molecule has 9 nitrogen and oxygen atoms in total. The van der Waals surface area contributed by atoms with Crippen molar-refractivity contribution in [3.8, 4) is 0 Å². The van der Waals surface area contributed by atoms with Crippen LogP contribution in [0.3, 0.4) is 0 Å². The number of rotatable bonds is 6. The SMILES string of the molecule is COCCn1c(C(C)(C)S(C)(=O)=O)nnc1S(N)(=O)=O. The topological polar surface area (TPSA) is 134 Å². The Bertz CT molecular complexity index is 690. The predicted octanol–water partition coefficient (Wildman–Crippen LogP) is -1.15. The van der Waals surface area contributed by atoms with Crippen LogP contribution >= 0.6 is 0 Å². The molecule has 0 amide bonds. The van der Waals surface area contributed by atoms with Gasteiger partial charge in [0.25, 0.3) is 15.2 Å². The van der Waals surface area contributed by atoms with E-state index in [0.29, 0.717) is 0 Å². The van der Waals surface area contributed by atoms with E-state index in [9.17, 15) is 16.8 Å². The number of hydrogen-bond acceptors (Lipinski definition) is 7. The number of ether oxygens (including phenoxy) is 1. The highest BCUT2D eigenvalue weighted by molar-refractivity contribution is 7.91. The second-order valence-electron chi connectivity index (χ2n) is 4.78. The summed E-state index contributed by atoms with van der Waals surface area (Å²) in [6.07, 6.45) is 1.04. The van der Waals surface area contributed by atoms with Crippen molar-refractivity contribution in [3.05, 3.63) is 5.82 Å². The maximum absolute atomic E-state index is 11.8. The molecule has 116 valence electrons. The van der Waals surface area contributed by atoms with E-state index in [1.807, 2.05) is 0 Å². The zero-order valence-corrected chi connectivity index (χ0v) is 13.3. The highest BCUT2D eigenvalue weighted by Gasteiger charge is 2.39. The van der Waals surface area contributed by atoms with E-state index in [1.165, 1.54) is 21.0 Å². The second kappa shape index (κ2) is 5.39. The minimum absolute atomic E-state index is 0.000995. The molecule has 1 aromatic heterocycles. The van der Waals surface area contributed by atoms with Crippen LogP contribution < -0.4 is 5.14 Å². The van der Waals surface area contributed by atoms with Gasteiger partial charge in [0.2, 0.25) is 0 Å². The Kier molecular flexibility index (Phi) is 4.58. The van der Waals surface area contributed by atoms with E-state index in [0.717, 1.165) is 10.8 Å². The van der Waals surface area contributed by atoms with Crippen LogP contribution in [-0.4, -0.2) is 51.6 Å². The minimum Gasteiger partial charge on any atom is -0.383 e. The van der Waals surface area contributed by atoms with Crippen LogP contribution in [0.15, 0.2) is 5.16 Å². The highest BCUT2D eigenvalue weighted by Crippen LogP contribution is 2.28. The fraction of sp³-hybridized carbons (Fsp3) is 0.778. The second-order valence-corrected chi connectivity index (χ2v) is 8.80. The maximum Gasteiger partial charge on any atom is 0.273 e. The number of hydrogen-bond donors (Lipinski definition) is 1. The quantitative estimate of drug-likeness (QED) is 0.697. The summed E-state index contributed by atoms with van der Waals surface area (Å²) in [5, 5.41) is 11.8. The van der Waals surface area contributed by atoms with Gasteiger partial charge in [-0.3, -0.25) is 4.57 Å². The molecule has 2 N–H and O–H groups in total. The van der Waals surface area contributed by atoms with Crippen LogP contribution in [0.1, 0.15) is 19.7 Å². The Labute approximate surface area is 118 Å². The highest BCUT2D eigenvalue weighted by atomic mass is 32.2. The van der Waals surface area contributed by atoms with Gasteiger partial charge in [0.1, 0.15) is 4.75 Å². The number of nitrogens with zero attached hydrogens (tertiary/aromatic N) is 3. The molecular weight excluding hydrogens is 308 g/mol. The number of methoxy groups -OCH3 is 1. The molecule has 0 spiro atoms. The Morgan fingerprint density at radius 2 is 1.80 bits per heavy atom. The molecule has 0 saturated carbocycles. The number of aromatic nitrogens is 3. The van der Waals surface area contributed by atoms with Crippen molar-refractivity contribution in [2.24, 2.45) is 5.14 Å². The smallest absolute Gasteiger partial charge is 0.273 e. The van der Waals surface area contributed by atoms with Crippen LogP contribution in [0.5, 0.6) is 0 Å². The minimum atomic E-state index is -4.11. The van der Waals surface area contributed by atoms with E-state index in [1.54, 1.807) is 0 Å². The fourth-order valence-corrected chi connectivity index (χ4v) is 2.62. The van der Waals surface area contributed by atoms with Crippen molar-refractivity contribution in [1.82, 2.24) is 14.8 Å². The van der Waals surface area contributed by atoms with Gasteiger partial charge in [-0.15, -0.1) is 10.2 Å². The van der Waals surface area contributed by atoms with E-state index >= 15 is 0 Å². The molecular formula is C9H18N4O5S2. The Balaban J connectivity index is 3.54. The first-order valence-corrected chi connectivity index (χ1v) is 9.01. The van der Waals surface area contributed by atoms with Gasteiger partial charge in [0.05, 0.1) is 13.2 Å². The number of nitrogens with two attached hydrogens (primary N) is 1. The van der Waals surface area contributed by atoms with Crippen molar-refractivity contribution < 1.29 is 21.6 Å². The van der Waals surface area contributed by atoms with Crippen molar-refractivity contribution >= 4 is 19.9 Å². The molecule has 0 fully saturated rings. The lowest BCUT2D eigenvalue weighted by Crippen LogP contribution is -2.33. The zero-order valence-electron chi connectivity index (χ0n) is 11.7. The van der Waals surface area contributed by atoms with Crippen LogP contribution in [0.4, 0.5) is 0 Å². The first-order valence-electron chi connectivity index (χ1n) is 5.58. The van der Waals surface area contributed by atoms with Crippen molar-refractivity contribution in [3.63, 3.8) is 0 Å². The monoisotopic (exact) mass is 326 g/mol. The predicted molar refractivity (Wildman–Crippen MR) is 71.1 cm³/mol. The molecule has 0 radical (unpaired) electrons. The Morgan fingerprint density at radius 1 is 1.25 bits per heavy atom. The molecule has 1 rings (SSSR count). The summed E-state index contributed by atoms with van der Waals surface area (Å²) in [5.74, 6) is 0.000995. The normalized spacial score (nSPS) is 13.7. The summed E-state index contributed by atoms with van der Waals surface area (Å²) in [6.45, 7) is 3.07. The van der Waals surface area contributed by atoms with Crippen molar-refractivity contribution in [1.29, 1.82) is 0 Å². The van der Waals surface area contributed by atoms with Gasteiger partial charge in [-0.2, -0.15) is 0 Å². The van der Waals surface area contributed by atoms with Gasteiger partial charge in [-0.05, 0) is 13.8 Å². The van der Waals surface area contributed by atoms with Crippen molar-refractivity contribution in [2.45, 2.75) is 30.3 Å². The average molecular weight is 326 g/mol. The van der Waals surface area contributed by atoms with E-state index in [-0.39, 0.29) is 19.0 Å². The molecule has 0 aromatic carbocycles. The fourth-order valence-electron chi connectivity index (χ4n) is 1.49. The zero-order chi connectivity index (χ0) is 15.8. The van der Waals surface area contributed by atoms with E-state index < -0.39 is 29.8 Å². The molecule has 0 atom stereocenters. The average Bonchev–Trinajstić information content (AvgIpc) is 2.68. The summed E-state index contributed by atoms with van der Waals surface area (Å²) in [4.78, 5) is 0. The third-order valence-electron chi connectivity index (χ3n) is 2.96.